The van der Waals surface area contributed by atoms with Gasteiger partial charge < -0.3 is 4.90 Å². The zero-order chi connectivity index (χ0) is 19.8. The fourth-order valence-corrected chi connectivity index (χ4v) is 4.13. The molecule has 0 N–H and O–H groups in total. The zero-order valence-corrected chi connectivity index (χ0v) is 17.4. The van der Waals surface area contributed by atoms with E-state index in [1.807, 2.05) is 30.1 Å². The predicted molar refractivity (Wildman–Crippen MR) is 112 cm³/mol. The average molecular weight is 439 g/mol. The minimum absolute atomic E-state index is 0.0608. The highest BCUT2D eigenvalue weighted by atomic mass is 35.5. The minimum Gasteiger partial charge on any atom is -0.370 e. The largest absolute Gasteiger partial charge is 0.370 e. The molecular formula is C19H18Cl3N5O. The lowest BCUT2D eigenvalue weighted by molar-refractivity contribution is 0.505. The van der Waals surface area contributed by atoms with Gasteiger partial charge in [-0.15, -0.1) is 0 Å². The van der Waals surface area contributed by atoms with Gasteiger partial charge in [0, 0.05) is 26.3 Å². The molecule has 3 heterocycles. The normalized spacial score (nSPS) is 15.2. The smallest absolute Gasteiger partial charge is 0.291 e. The molecule has 146 valence electrons. The van der Waals surface area contributed by atoms with E-state index in [9.17, 15) is 4.79 Å². The molecule has 0 saturated carbocycles. The number of piperidine rings is 1. The molecule has 3 aromatic rings. The Labute approximate surface area is 177 Å². The number of nitrogens with zero attached hydrogens (tertiary/aromatic N) is 5. The lowest BCUT2D eigenvalue weighted by Crippen LogP contribution is -2.33. The van der Waals surface area contributed by atoms with Gasteiger partial charge in [-0.2, -0.15) is 14.9 Å². The van der Waals surface area contributed by atoms with Crippen LogP contribution >= 0.6 is 34.8 Å². The van der Waals surface area contributed by atoms with Crippen LogP contribution in [-0.2, 0) is 7.05 Å². The molecule has 4 rings (SSSR count). The van der Waals surface area contributed by atoms with E-state index in [2.05, 4.69) is 21.3 Å². The summed E-state index contributed by atoms with van der Waals surface area (Å²) in [6, 6.07) is 5.45. The highest BCUT2D eigenvalue weighted by Gasteiger charge is 2.23. The first-order chi connectivity index (χ1) is 13.4. The number of anilines is 1. The summed E-state index contributed by atoms with van der Waals surface area (Å²) in [6.45, 7) is 1.81. The summed E-state index contributed by atoms with van der Waals surface area (Å²) in [5.74, 6) is 0.516. The van der Waals surface area contributed by atoms with Gasteiger partial charge in [0.1, 0.15) is 5.02 Å². The molecule has 9 heteroatoms. The molecular weight excluding hydrogens is 421 g/mol. The summed E-state index contributed by atoms with van der Waals surface area (Å²) in [5, 5.41) is 8.95. The highest BCUT2D eigenvalue weighted by molar-refractivity contribution is 6.41. The van der Waals surface area contributed by atoms with Gasteiger partial charge in [0.15, 0.2) is 0 Å². The maximum absolute atomic E-state index is 12.3. The van der Waals surface area contributed by atoms with Gasteiger partial charge in [-0.25, -0.2) is 0 Å². The van der Waals surface area contributed by atoms with E-state index in [-0.39, 0.29) is 10.0 Å². The topological polar surface area (TPSA) is 56.0 Å². The molecule has 0 radical (unpaired) electrons. The Balaban J connectivity index is 1.53. The predicted octanol–water partition coefficient (Wildman–Crippen LogP) is 4.31. The summed E-state index contributed by atoms with van der Waals surface area (Å²) < 4.78 is 3.04. The number of halogens is 3. The Morgan fingerprint density at radius 3 is 2.43 bits per heavy atom. The maximum Gasteiger partial charge on any atom is 0.291 e. The van der Waals surface area contributed by atoms with E-state index in [0.29, 0.717) is 16.6 Å². The Morgan fingerprint density at radius 2 is 1.79 bits per heavy atom. The fraction of sp³-hybridized carbons (Fsp3) is 0.316. The molecule has 1 fully saturated rings. The van der Waals surface area contributed by atoms with Crippen LogP contribution in [0.2, 0.25) is 15.1 Å². The van der Waals surface area contributed by atoms with Crippen molar-refractivity contribution in [1.29, 1.82) is 0 Å². The molecule has 0 spiro atoms. The van der Waals surface area contributed by atoms with Gasteiger partial charge in [-0.05, 0) is 42.5 Å². The number of aromatic nitrogens is 4. The van der Waals surface area contributed by atoms with Crippen LogP contribution in [0.5, 0.6) is 0 Å². The highest BCUT2D eigenvalue weighted by Crippen LogP contribution is 2.34. The van der Waals surface area contributed by atoms with Crippen LogP contribution in [-0.4, -0.2) is 32.7 Å². The van der Waals surface area contributed by atoms with Crippen molar-refractivity contribution in [1.82, 2.24) is 19.6 Å². The molecule has 0 amide bonds. The molecule has 2 aromatic heterocycles. The number of aryl methyl sites for hydroxylation is 1. The van der Waals surface area contributed by atoms with E-state index >= 15 is 0 Å². The first-order valence-corrected chi connectivity index (χ1v) is 10.0. The van der Waals surface area contributed by atoms with Crippen molar-refractivity contribution in [2.45, 2.75) is 18.8 Å². The van der Waals surface area contributed by atoms with Crippen molar-refractivity contribution in [3.05, 3.63) is 67.8 Å². The van der Waals surface area contributed by atoms with Gasteiger partial charge in [0.05, 0.1) is 33.8 Å². The van der Waals surface area contributed by atoms with E-state index in [1.54, 1.807) is 6.07 Å². The Hall–Kier alpha value is -2.02. The molecule has 1 aliphatic heterocycles. The third-order valence-corrected chi connectivity index (χ3v) is 6.14. The zero-order valence-electron chi connectivity index (χ0n) is 15.1. The standard InChI is InChI=1S/C19H18Cl3N5O/c1-25-11-13(9-23-25)12-4-6-26(7-5-12)17-3-2-14(8-15(17)20)27-19(28)18(22)16(21)10-24-27/h2-3,8-12H,4-7H2,1H3. The fourth-order valence-electron chi connectivity index (χ4n) is 3.59. The first-order valence-electron chi connectivity index (χ1n) is 8.91. The second kappa shape index (κ2) is 7.78. The SMILES string of the molecule is Cn1cc(C2CCN(c3ccc(-n4ncc(Cl)c(Cl)c4=O)cc3Cl)CC2)cn1. The summed E-state index contributed by atoms with van der Waals surface area (Å²) in [4.78, 5) is 14.6. The van der Waals surface area contributed by atoms with Crippen LogP contribution in [0.3, 0.4) is 0 Å². The molecule has 0 aliphatic carbocycles. The molecule has 0 atom stereocenters. The van der Waals surface area contributed by atoms with Crippen molar-refractivity contribution >= 4 is 40.5 Å². The van der Waals surface area contributed by atoms with Crippen LogP contribution in [0.25, 0.3) is 5.69 Å². The van der Waals surface area contributed by atoms with E-state index in [1.165, 1.54) is 16.4 Å². The van der Waals surface area contributed by atoms with Gasteiger partial charge in [-0.1, -0.05) is 34.8 Å². The van der Waals surface area contributed by atoms with Crippen LogP contribution in [0, 0.1) is 0 Å². The molecule has 1 aromatic carbocycles. The van der Waals surface area contributed by atoms with Gasteiger partial charge >= 0.3 is 0 Å². The number of hydrogen-bond donors (Lipinski definition) is 0. The van der Waals surface area contributed by atoms with Crippen molar-refractivity contribution in [3.8, 4) is 5.69 Å². The molecule has 1 saturated heterocycles. The van der Waals surface area contributed by atoms with E-state index < -0.39 is 5.56 Å². The van der Waals surface area contributed by atoms with Crippen molar-refractivity contribution in [3.63, 3.8) is 0 Å². The third-order valence-electron chi connectivity index (χ3n) is 5.08. The monoisotopic (exact) mass is 437 g/mol. The van der Waals surface area contributed by atoms with Gasteiger partial charge in [0.2, 0.25) is 0 Å². The second-order valence-corrected chi connectivity index (χ2v) is 8.06. The summed E-state index contributed by atoms with van der Waals surface area (Å²) in [6.07, 6.45) is 7.46. The van der Waals surface area contributed by atoms with Crippen molar-refractivity contribution in [2.24, 2.45) is 7.05 Å². The number of hydrogen-bond acceptors (Lipinski definition) is 4. The molecule has 0 unspecified atom stereocenters. The van der Waals surface area contributed by atoms with Crippen molar-refractivity contribution in [2.75, 3.05) is 18.0 Å². The van der Waals surface area contributed by atoms with Crippen LogP contribution < -0.4 is 10.5 Å². The molecule has 6 nitrogen and oxygen atoms in total. The maximum atomic E-state index is 12.3. The van der Waals surface area contributed by atoms with Crippen LogP contribution in [0.15, 0.2) is 41.6 Å². The summed E-state index contributed by atoms with van der Waals surface area (Å²) >= 11 is 18.3. The second-order valence-electron chi connectivity index (χ2n) is 6.87. The van der Waals surface area contributed by atoms with Crippen LogP contribution in [0.4, 0.5) is 5.69 Å². The number of rotatable bonds is 3. The molecule has 0 bridgehead atoms. The quantitative estimate of drug-likeness (QED) is 0.611. The van der Waals surface area contributed by atoms with Crippen LogP contribution in [0.1, 0.15) is 24.3 Å². The summed E-state index contributed by atoms with van der Waals surface area (Å²) in [5.41, 5.74) is 2.30. The van der Waals surface area contributed by atoms with Gasteiger partial charge in [0.25, 0.3) is 5.56 Å². The number of benzene rings is 1. The van der Waals surface area contributed by atoms with E-state index in [0.717, 1.165) is 31.6 Å². The molecule has 1 aliphatic rings. The molecule has 28 heavy (non-hydrogen) atoms. The Kier molecular flexibility index (Phi) is 5.36. The van der Waals surface area contributed by atoms with E-state index in [4.69, 9.17) is 34.8 Å². The summed E-state index contributed by atoms with van der Waals surface area (Å²) in [7, 11) is 1.94. The van der Waals surface area contributed by atoms with Crippen molar-refractivity contribution < 1.29 is 0 Å². The average Bonchev–Trinajstić information content (AvgIpc) is 3.13. The Morgan fingerprint density at radius 1 is 1.04 bits per heavy atom. The lowest BCUT2D eigenvalue weighted by atomic mass is 9.91. The Bertz CT molecular complexity index is 1070. The lowest BCUT2D eigenvalue weighted by Gasteiger charge is -2.34. The minimum atomic E-state index is -0.477. The van der Waals surface area contributed by atoms with Gasteiger partial charge in [-0.3, -0.25) is 9.48 Å². The third kappa shape index (κ3) is 3.64. The first kappa shape index (κ1) is 19.3.